The third-order valence-corrected chi connectivity index (χ3v) is 3.93. The van der Waals surface area contributed by atoms with Crippen molar-refractivity contribution in [2.75, 3.05) is 11.9 Å². The molecule has 1 aromatic carbocycles. The van der Waals surface area contributed by atoms with Crippen LogP contribution in [0.4, 0.5) is 10.5 Å². The van der Waals surface area contributed by atoms with Crippen molar-refractivity contribution in [3.05, 3.63) is 27.1 Å². The minimum absolute atomic E-state index is 0.0806. The Morgan fingerprint density at radius 1 is 1.40 bits per heavy atom. The number of benzene rings is 1. The number of carboxylic acid groups (broad SMARTS) is 1. The van der Waals surface area contributed by atoms with Crippen LogP contribution >= 0.6 is 31.9 Å². The van der Waals surface area contributed by atoms with Gasteiger partial charge in [-0.15, -0.1) is 0 Å². The van der Waals surface area contributed by atoms with Crippen LogP contribution in [0.15, 0.2) is 27.1 Å². The van der Waals surface area contributed by atoms with Gasteiger partial charge in [-0.25, -0.2) is 4.79 Å². The van der Waals surface area contributed by atoms with E-state index in [-0.39, 0.29) is 18.5 Å². The number of urea groups is 1. The maximum Gasteiger partial charge on any atom is 0.322 e. The monoisotopic (exact) mass is 406 g/mol. The lowest BCUT2D eigenvalue weighted by molar-refractivity contribution is -0.137. The summed E-state index contributed by atoms with van der Waals surface area (Å²) in [5, 5.41) is 11.6. The van der Waals surface area contributed by atoms with Gasteiger partial charge in [0, 0.05) is 21.5 Å². The zero-order valence-corrected chi connectivity index (χ0v) is 14.4. The van der Waals surface area contributed by atoms with Gasteiger partial charge in [0.2, 0.25) is 0 Å². The van der Waals surface area contributed by atoms with Crippen LogP contribution in [0.25, 0.3) is 0 Å². The molecule has 1 unspecified atom stereocenters. The van der Waals surface area contributed by atoms with Gasteiger partial charge in [-0.05, 0) is 48.0 Å². The van der Waals surface area contributed by atoms with Crippen molar-refractivity contribution in [2.24, 2.45) is 0 Å². The molecule has 1 rings (SSSR count). The van der Waals surface area contributed by atoms with E-state index in [2.05, 4.69) is 37.2 Å². The highest BCUT2D eigenvalue weighted by Crippen LogP contribution is 2.26. The van der Waals surface area contributed by atoms with Crippen LogP contribution in [0.2, 0.25) is 0 Å². The normalized spacial score (nSPS) is 11.8. The highest BCUT2D eigenvalue weighted by Gasteiger charge is 2.21. The second-order valence-corrected chi connectivity index (χ2v) is 6.06. The number of carbonyl (C=O) groups is 2. The van der Waals surface area contributed by atoms with E-state index in [0.29, 0.717) is 12.2 Å². The molecule has 0 spiro atoms. The molecule has 1 aromatic rings. The average Bonchev–Trinajstić information content (AvgIpc) is 2.32. The number of hydrogen-bond donors (Lipinski definition) is 2. The first-order valence-electron chi connectivity index (χ1n) is 6.09. The second-order valence-electron chi connectivity index (χ2n) is 4.29. The molecular formula is C13H16Br2N2O3. The van der Waals surface area contributed by atoms with Crippen LogP contribution in [0.3, 0.4) is 0 Å². The van der Waals surface area contributed by atoms with Crippen molar-refractivity contribution in [1.82, 2.24) is 4.90 Å². The third kappa shape index (κ3) is 4.79. The largest absolute Gasteiger partial charge is 0.481 e. The molecule has 0 aliphatic carbocycles. The summed E-state index contributed by atoms with van der Waals surface area (Å²) in [6.45, 7) is 3.97. The Hall–Kier alpha value is -1.08. The summed E-state index contributed by atoms with van der Waals surface area (Å²) in [6.07, 6.45) is -0.0806. The van der Waals surface area contributed by atoms with Crippen molar-refractivity contribution in [3.63, 3.8) is 0 Å². The smallest absolute Gasteiger partial charge is 0.322 e. The number of carbonyl (C=O) groups excluding carboxylic acids is 1. The minimum Gasteiger partial charge on any atom is -0.481 e. The van der Waals surface area contributed by atoms with E-state index < -0.39 is 5.97 Å². The molecule has 0 aliphatic rings. The first kappa shape index (κ1) is 17.0. The standard InChI is InChI=1S/C13H16Br2N2O3/c1-3-17(8(2)6-12(18)19)13(20)16-11-5-4-9(14)7-10(11)15/h4-5,7-8H,3,6H2,1-2H3,(H,16,20)(H,18,19). The van der Waals surface area contributed by atoms with Gasteiger partial charge in [0.1, 0.15) is 0 Å². The van der Waals surface area contributed by atoms with Crippen molar-refractivity contribution in [1.29, 1.82) is 0 Å². The number of carboxylic acids is 1. The Morgan fingerprint density at radius 3 is 2.55 bits per heavy atom. The van der Waals surface area contributed by atoms with E-state index in [1.54, 1.807) is 13.0 Å². The maximum absolute atomic E-state index is 12.2. The number of amides is 2. The third-order valence-electron chi connectivity index (χ3n) is 2.78. The summed E-state index contributed by atoms with van der Waals surface area (Å²) < 4.78 is 1.65. The molecule has 2 amide bonds. The van der Waals surface area contributed by atoms with Crippen LogP contribution in [0.5, 0.6) is 0 Å². The van der Waals surface area contributed by atoms with Gasteiger partial charge in [-0.1, -0.05) is 15.9 Å². The lowest BCUT2D eigenvalue weighted by Gasteiger charge is -2.27. The highest BCUT2D eigenvalue weighted by atomic mass is 79.9. The van der Waals surface area contributed by atoms with Gasteiger partial charge < -0.3 is 15.3 Å². The van der Waals surface area contributed by atoms with E-state index in [0.717, 1.165) is 8.95 Å². The fourth-order valence-electron chi connectivity index (χ4n) is 1.80. The Bertz CT molecular complexity index is 508. The van der Waals surface area contributed by atoms with E-state index in [1.807, 2.05) is 19.1 Å². The molecule has 1 atom stereocenters. The summed E-state index contributed by atoms with van der Waals surface area (Å²) in [5.74, 6) is -0.923. The molecule has 2 N–H and O–H groups in total. The topological polar surface area (TPSA) is 69.6 Å². The van der Waals surface area contributed by atoms with E-state index >= 15 is 0 Å². The van der Waals surface area contributed by atoms with Crippen LogP contribution in [-0.4, -0.2) is 34.6 Å². The first-order valence-corrected chi connectivity index (χ1v) is 7.68. The van der Waals surface area contributed by atoms with Crippen LogP contribution in [0, 0.1) is 0 Å². The first-order chi connectivity index (χ1) is 9.35. The molecule has 0 aliphatic heterocycles. The van der Waals surface area contributed by atoms with Gasteiger partial charge in [0.15, 0.2) is 0 Å². The van der Waals surface area contributed by atoms with E-state index in [4.69, 9.17) is 5.11 Å². The molecule has 0 fully saturated rings. The number of nitrogens with one attached hydrogen (secondary N) is 1. The number of hydrogen-bond acceptors (Lipinski definition) is 2. The Morgan fingerprint density at radius 2 is 2.05 bits per heavy atom. The highest BCUT2D eigenvalue weighted by molar-refractivity contribution is 9.11. The predicted octanol–water partition coefficient (Wildman–Crippen LogP) is 3.93. The van der Waals surface area contributed by atoms with Gasteiger partial charge in [-0.2, -0.15) is 0 Å². The summed E-state index contributed by atoms with van der Waals surface area (Å²) in [7, 11) is 0. The van der Waals surface area contributed by atoms with E-state index in [1.165, 1.54) is 4.90 Å². The molecule has 5 nitrogen and oxygen atoms in total. The Balaban J connectivity index is 2.79. The summed E-state index contributed by atoms with van der Waals surface area (Å²) in [5.41, 5.74) is 0.638. The van der Waals surface area contributed by atoms with E-state index in [9.17, 15) is 9.59 Å². The van der Waals surface area contributed by atoms with Gasteiger partial charge in [-0.3, -0.25) is 4.79 Å². The molecule has 0 bridgehead atoms. The molecule has 0 aromatic heterocycles. The van der Waals surface area contributed by atoms with Crippen molar-refractivity contribution < 1.29 is 14.7 Å². The van der Waals surface area contributed by atoms with Crippen LogP contribution in [0.1, 0.15) is 20.3 Å². The number of nitrogens with zero attached hydrogens (tertiary/aromatic N) is 1. The zero-order valence-electron chi connectivity index (χ0n) is 11.2. The molecule has 0 heterocycles. The van der Waals surface area contributed by atoms with Crippen molar-refractivity contribution in [3.8, 4) is 0 Å². The summed E-state index contributed by atoms with van der Waals surface area (Å²) in [6, 6.07) is 4.72. The van der Waals surface area contributed by atoms with Crippen LogP contribution in [-0.2, 0) is 4.79 Å². The van der Waals surface area contributed by atoms with Crippen molar-refractivity contribution in [2.45, 2.75) is 26.3 Å². The molecule has 110 valence electrons. The number of halogens is 2. The van der Waals surface area contributed by atoms with Gasteiger partial charge in [0.05, 0.1) is 12.1 Å². The summed E-state index contributed by atoms with van der Waals surface area (Å²) >= 11 is 6.70. The molecule has 0 radical (unpaired) electrons. The van der Waals surface area contributed by atoms with Gasteiger partial charge >= 0.3 is 12.0 Å². The SMILES string of the molecule is CCN(C(=O)Nc1ccc(Br)cc1Br)C(C)CC(=O)O. The number of anilines is 1. The van der Waals surface area contributed by atoms with Crippen molar-refractivity contribution >= 4 is 49.5 Å². The quantitative estimate of drug-likeness (QED) is 0.776. The second kappa shape index (κ2) is 7.64. The fourth-order valence-corrected chi connectivity index (χ4v) is 2.94. The van der Waals surface area contributed by atoms with Crippen LogP contribution < -0.4 is 5.32 Å². The Labute approximate surface area is 134 Å². The average molecular weight is 408 g/mol. The lowest BCUT2D eigenvalue weighted by atomic mass is 10.2. The molecule has 20 heavy (non-hydrogen) atoms. The molecule has 7 heteroatoms. The molecule has 0 saturated heterocycles. The lowest BCUT2D eigenvalue weighted by Crippen LogP contribution is -2.42. The fraction of sp³-hybridized carbons (Fsp3) is 0.385. The maximum atomic E-state index is 12.2. The molecule has 0 saturated carbocycles. The molecular weight excluding hydrogens is 392 g/mol. The predicted molar refractivity (Wildman–Crippen MR) is 85.0 cm³/mol. The summed E-state index contributed by atoms with van der Waals surface area (Å²) in [4.78, 5) is 24.4. The van der Waals surface area contributed by atoms with Gasteiger partial charge in [0.25, 0.3) is 0 Å². The number of rotatable bonds is 5. The number of aliphatic carboxylic acids is 1. The Kier molecular flexibility index (Phi) is 6.48. The minimum atomic E-state index is -0.923. The zero-order chi connectivity index (χ0) is 15.3.